The number of piperazine rings is 1. The Morgan fingerprint density at radius 1 is 1.11 bits per heavy atom. The zero-order valence-electron chi connectivity index (χ0n) is 16.3. The number of amides is 2. The van der Waals surface area contributed by atoms with Crippen LogP contribution in [-0.4, -0.2) is 54.3 Å². The number of thiophene rings is 1. The number of hydrogen-bond acceptors (Lipinski definition) is 4. The number of anilines is 1. The van der Waals surface area contributed by atoms with Gasteiger partial charge in [-0.25, -0.2) is 0 Å². The van der Waals surface area contributed by atoms with E-state index in [0.29, 0.717) is 37.7 Å². The minimum Gasteiger partial charge on any atom is -0.335 e. The molecular formula is C21H26ClN3O2S. The zero-order valence-corrected chi connectivity index (χ0v) is 17.9. The van der Waals surface area contributed by atoms with Gasteiger partial charge in [-0.15, -0.1) is 11.3 Å². The Morgan fingerprint density at radius 2 is 1.86 bits per heavy atom. The van der Waals surface area contributed by atoms with Crippen LogP contribution in [0.1, 0.15) is 34.6 Å². The third kappa shape index (κ3) is 4.74. The molecule has 7 heteroatoms. The number of carbonyl (C=O) groups excluding carboxylic acids is 2. The molecular weight excluding hydrogens is 394 g/mol. The topological polar surface area (TPSA) is 52.7 Å². The van der Waals surface area contributed by atoms with E-state index >= 15 is 0 Å². The summed E-state index contributed by atoms with van der Waals surface area (Å²) in [6.07, 6.45) is 1.61. The van der Waals surface area contributed by atoms with Gasteiger partial charge < -0.3 is 10.2 Å². The summed E-state index contributed by atoms with van der Waals surface area (Å²) >= 11 is 7.79. The summed E-state index contributed by atoms with van der Waals surface area (Å²) in [5.41, 5.74) is 2.94. The standard InChI is InChI=1S/C21H26ClN3O2S/c1-3-15-7-8-17(22)16(4-2)20(15)23-19(26)14-24-9-11-25(12-10-24)21(27)18-6-5-13-28-18/h5-8,13H,3-4,9-12,14H2,1-2H3,(H,23,26). The molecule has 2 heterocycles. The predicted octanol–water partition coefficient (Wildman–Crippen LogP) is 3.92. The summed E-state index contributed by atoms with van der Waals surface area (Å²) in [4.78, 5) is 29.8. The lowest BCUT2D eigenvalue weighted by Gasteiger charge is -2.34. The molecule has 0 spiro atoms. The first kappa shape index (κ1) is 20.8. The average molecular weight is 420 g/mol. The smallest absolute Gasteiger partial charge is 0.264 e. The third-order valence-corrected chi connectivity index (χ3v) is 6.31. The van der Waals surface area contributed by atoms with Crippen LogP contribution in [0.3, 0.4) is 0 Å². The second-order valence-electron chi connectivity index (χ2n) is 6.86. The van der Waals surface area contributed by atoms with E-state index in [4.69, 9.17) is 11.6 Å². The van der Waals surface area contributed by atoms with Gasteiger partial charge in [0.25, 0.3) is 5.91 Å². The molecule has 0 bridgehead atoms. The van der Waals surface area contributed by atoms with Gasteiger partial charge in [0.2, 0.25) is 5.91 Å². The van der Waals surface area contributed by atoms with Gasteiger partial charge in [-0.1, -0.05) is 37.6 Å². The van der Waals surface area contributed by atoms with Crippen LogP contribution in [0.4, 0.5) is 5.69 Å². The van der Waals surface area contributed by atoms with Gasteiger partial charge in [0.05, 0.1) is 11.4 Å². The highest BCUT2D eigenvalue weighted by atomic mass is 35.5. The number of aryl methyl sites for hydroxylation is 1. The van der Waals surface area contributed by atoms with Crippen LogP contribution >= 0.6 is 22.9 Å². The fourth-order valence-corrected chi connectivity index (χ4v) is 4.50. The molecule has 2 aromatic rings. The molecule has 0 atom stereocenters. The molecule has 1 fully saturated rings. The molecule has 1 aromatic heterocycles. The number of carbonyl (C=O) groups is 2. The molecule has 1 N–H and O–H groups in total. The van der Waals surface area contributed by atoms with Crippen LogP contribution in [-0.2, 0) is 17.6 Å². The van der Waals surface area contributed by atoms with Crippen LogP contribution in [0.5, 0.6) is 0 Å². The Bertz CT molecular complexity index is 830. The molecule has 1 aliphatic rings. The van der Waals surface area contributed by atoms with Crippen molar-refractivity contribution in [3.63, 3.8) is 0 Å². The summed E-state index contributed by atoms with van der Waals surface area (Å²) in [5, 5.41) is 5.69. The van der Waals surface area contributed by atoms with E-state index in [0.717, 1.165) is 34.5 Å². The molecule has 0 saturated carbocycles. The molecule has 3 rings (SSSR count). The third-order valence-electron chi connectivity index (χ3n) is 5.10. The summed E-state index contributed by atoms with van der Waals surface area (Å²) in [6.45, 7) is 7.11. The summed E-state index contributed by atoms with van der Waals surface area (Å²) in [5.74, 6) is 0.0444. The maximum Gasteiger partial charge on any atom is 0.264 e. The Morgan fingerprint density at radius 3 is 2.46 bits per heavy atom. The second kappa shape index (κ2) is 9.54. The molecule has 1 aromatic carbocycles. The number of rotatable bonds is 6. The van der Waals surface area contributed by atoms with Gasteiger partial charge in [-0.2, -0.15) is 0 Å². The van der Waals surface area contributed by atoms with Crippen LogP contribution in [0.15, 0.2) is 29.6 Å². The molecule has 1 aliphatic heterocycles. The van der Waals surface area contributed by atoms with Crippen LogP contribution in [0, 0.1) is 0 Å². The molecule has 28 heavy (non-hydrogen) atoms. The SMILES string of the molecule is CCc1ccc(Cl)c(CC)c1NC(=O)CN1CCN(C(=O)c2cccs2)CC1. The van der Waals surface area contributed by atoms with Crippen molar-refractivity contribution in [2.45, 2.75) is 26.7 Å². The molecule has 5 nitrogen and oxygen atoms in total. The number of benzene rings is 1. The number of halogens is 1. The minimum absolute atomic E-state index is 0.0373. The van der Waals surface area contributed by atoms with Crippen molar-refractivity contribution >= 4 is 40.4 Å². The van der Waals surface area contributed by atoms with Crippen LogP contribution < -0.4 is 5.32 Å². The van der Waals surface area contributed by atoms with Crippen molar-refractivity contribution in [3.05, 3.63) is 50.7 Å². The van der Waals surface area contributed by atoms with Crippen molar-refractivity contribution in [2.75, 3.05) is 38.0 Å². The number of hydrogen-bond donors (Lipinski definition) is 1. The summed E-state index contributed by atoms with van der Waals surface area (Å²) in [6, 6.07) is 7.63. The first-order valence-electron chi connectivity index (χ1n) is 9.68. The van der Waals surface area contributed by atoms with E-state index in [1.54, 1.807) is 0 Å². The van der Waals surface area contributed by atoms with E-state index in [-0.39, 0.29) is 11.8 Å². The highest BCUT2D eigenvalue weighted by molar-refractivity contribution is 7.12. The second-order valence-corrected chi connectivity index (χ2v) is 8.22. The zero-order chi connectivity index (χ0) is 20.1. The first-order chi connectivity index (χ1) is 13.5. The molecule has 0 aliphatic carbocycles. The van der Waals surface area contributed by atoms with Gasteiger partial charge in [0.15, 0.2) is 0 Å². The lowest BCUT2D eigenvalue weighted by atomic mass is 10.0. The largest absolute Gasteiger partial charge is 0.335 e. The van der Waals surface area contributed by atoms with E-state index in [1.165, 1.54) is 11.3 Å². The van der Waals surface area contributed by atoms with Gasteiger partial charge in [-0.3, -0.25) is 14.5 Å². The fraction of sp³-hybridized carbons (Fsp3) is 0.429. The average Bonchev–Trinajstić information content (AvgIpc) is 3.23. The molecule has 150 valence electrons. The highest BCUT2D eigenvalue weighted by Gasteiger charge is 2.24. The van der Waals surface area contributed by atoms with E-state index in [1.807, 2.05) is 41.5 Å². The summed E-state index contributed by atoms with van der Waals surface area (Å²) < 4.78 is 0. The van der Waals surface area contributed by atoms with Gasteiger partial charge >= 0.3 is 0 Å². The molecule has 2 amide bonds. The Labute approximate surface area is 175 Å². The van der Waals surface area contributed by atoms with Gasteiger partial charge in [-0.05, 0) is 41.5 Å². The van der Waals surface area contributed by atoms with Gasteiger partial charge in [0, 0.05) is 36.9 Å². The lowest BCUT2D eigenvalue weighted by Crippen LogP contribution is -2.50. The normalized spacial score (nSPS) is 14.9. The van der Waals surface area contributed by atoms with Crippen molar-refractivity contribution in [1.82, 2.24) is 9.80 Å². The van der Waals surface area contributed by atoms with E-state index in [9.17, 15) is 9.59 Å². The maximum absolute atomic E-state index is 12.7. The van der Waals surface area contributed by atoms with E-state index < -0.39 is 0 Å². The lowest BCUT2D eigenvalue weighted by molar-refractivity contribution is -0.117. The van der Waals surface area contributed by atoms with Crippen LogP contribution in [0.2, 0.25) is 5.02 Å². The monoisotopic (exact) mass is 419 g/mol. The molecule has 0 radical (unpaired) electrons. The first-order valence-corrected chi connectivity index (χ1v) is 10.9. The Hall–Kier alpha value is -1.89. The Balaban J connectivity index is 1.57. The van der Waals surface area contributed by atoms with Crippen molar-refractivity contribution in [1.29, 1.82) is 0 Å². The maximum atomic E-state index is 12.7. The molecule has 0 unspecified atom stereocenters. The summed E-state index contributed by atoms with van der Waals surface area (Å²) in [7, 11) is 0. The minimum atomic E-state index is -0.0373. The predicted molar refractivity (Wildman–Crippen MR) is 116 cm³/mol. The quantitative estimate of drug-likeness (QED) is 0.771. The van der Waals surface area contributed by atoms with Crippen molar-refractivity contribution < 1.29 is 9.59 Å². The highest BCUT2D eigenvalue weighted by Crippen LogP contribution is 2.29. The number of nitrogens with one attached hydrogen (secondary N) is 1. The fourth-order valence-electron chi connectivity index (χ4n) is 3.51. The molecule has 1 saturated heterocycles. The van der Waals surface area contributed by atoms with Gasteiger partial charge in [0.1, 0.15) is 0 Å². The van der Waals surface area contributed by atoms with Crippen molar-refractivity contribution in [2.24, 2.45) is 0 Å². The number of nitrogens with zero attached hydrogens (tertiary/aromatic N) is 2. The van der Waals surface area contributed by atoms with Crippen LogP contribution in [0.25, 0.3) is 0 Å². The van der Waals surface area contributed by atoms with E-state index in [2.05, 4.69) is 17.1 Å². The Kier molecular flexibility index (Phi) is 7.10. The van der Waals surface area contributed by atoms with Crippen molar-refractivity contribution in [3.8, 4) is 0 Å².